The fourth-order valence-electron chi connectivity index (χ4n) is 1.59. The molecule has 2 nitrogen and oxygen atoms in total. The molecule has 0 aliphatic carbocycles. The molecule has 0 aliphatic heterocycles. The molecule has 0 saturated heterocycles. The molecule has 0 fully saturated rings. The Labute approximate surface area is 122 Å². The van der Waals surface area contributed by atoms with Crippen molar-refractivity contribution in [1.29, 1.82) is 0 Å². The van der Waals surface area contributed by atoms with Crippen molar-refractivity contribution in [3.63, 3.8) is 0 Å². The number of thioether (sulfide) groups is 1. The highest BCUT2D eigenvalue weighted by Gasteiger charge is 2.04. The van der Waals surface area contributed by atoms with Crippen LogP contribution < -0.4 is 5.32 Å². The van der Waals surface area contributed by atoms with E-state index in [9.17, 15) is 4.79 Å². The van der Waals surface area contributed by atoms with Crippen LogP contribution in [-0.2, 0) is 10.5 Å². The van der Waals surface area contributed by atoms with Gasteiger partial charge in [-0.3, -0.25) is 4.79 Å². The fourth-order valence-corrected chi connectivity index (χ4v) is 2.70. The molecule has 0 heterocycles. The Balaban J connectivity index is 1.77. The molecule has 0 aliphatic rings. The maximum atomic E-state index is 11.7. The van der Waals surface area contributed by atoms with Crippen molar-refractivity contribution in [3.05, 3.63) is 65.2 Å². The third-order valence-electron chi connectivity index (χ3n) is 2.51. The van der Waals surface area contributed by atoms with Gasteiger partial charge in [-0.2, -0.15) is 0 Å². The van der Waals surface area contributed by atoms with Crippen LogP contribution in [0, 0.1) is 0 Å². The number of para-hydroxylation sites is 1. The van der Waals surface area contributed by atoms with E-state index < -0.39 is 0 Å². The van der Waals surface area contributed by atoms with Gasteiger partial charge in [0.1, 0.15) is 0 Å². The molecule has 19 heavy (non-hydrogen) atoms. The lowest BCUT2D eigenvalue weighted by atomic mass is 10.2. The van der Waals surface area contributed by atoms with Crippen molar-refractivity contribution in [1.82, 2.24) is 0 Å². The van der Waals surface area contributed by atoms with Crippen LogP contribution in [0.15, 0.2) is 54.6 Å². The normalized spacial score (nSPS) is 10.2. The first-order valence-corrected chi connectivity index (χ1v) is 7.45. The Morgan fingerprint density at radius 3 is 2.47 bits per heavy atom. The highest BCUT2D eigenvalue weighted by atomic mass is 35.5. The number of nitrogens with one attached hydrogen (secondary N) is 1. The van der Waals surface area contributed by atoms with Crippen molar-refractivity contribution in [3.8, 4) is 0 Å². The van der Waals surface area contributed by atoms with E-state index in [1.807, 2.05) is 54.6 Å². The number of benzene rings is 2. The monoisotopic (exact) mass is 291 g/mol. The summed E-state index contributed by atoms with van der Waals surface area (Å²) in [7, 11) is 0. The summed E-state index contributed by atoms with van der Waals surface area (Å²) in [6.45, 7) is 0. The van der Waals surface area contributed by atoms with Gasteiger partial charge in [0, 0.05) is 16.5 Å². The maximum absolute atomic E-state index is 11.7. The molecule has 1 amide bonds. The average Bonchev–Trinajstić information content (AvgIpc) is 2.42. The minimum atomic E-state index is 0.00301. The van der Waals surface area contributed by atoms with Gasteiger partial charge in [-0.1, -0.05) is 48.0 Å². The summed E-state index contributed by atoms with van der Waals surface area (Å²) in [6.07, 6.45) is 0. The molecule has 0 saturated carbocycles. The van der Waals surface area contributed by atoms with E-state index in [-0.39, 0.29) is 5.91 Å². The summed E-state index contributed by atoms with van der Waals surface area (Å²) in [4.78, 5) is 11.7. The number of carbonyl (C=O) groups is 1. The Hall–Kier alpha value is -1.45. The number of amides is 1. The van der Waals surface area contributed by atoms with Crippen molar-refractivity contribution >= 4 is 35.0 Å². The van der Waals surface area contributed by atoms with Crippen LogP contribution in [0.2, 0.25) is 5.02 Å². The minimum absolute atomic E-state index is 0.00301. The van der Waals surface area contributed by atoms with E-state index >= 15 is 0 Å². The van der Waals surface area contributed by atoms with E-state index in [1.54, 1.807) is 11.8 Å². The van der Waals surface area contributed by atoms with Crippen molar-refractivity contribution in [2.75, 3.05) is 11.1 Å². The molecule has 2 rings (SSSR count). The van der Waals surface area contributed by atoms with Crippen molar-refractivity contribution in [2.24, 2.45) is 0 Å². The van der Waals surface area contributed by atoms with Gasteiger partial charge >= 0.3 is 0 Å². The molecule has 0 aromatic heterocycles. The van der Waals surface area contributed by atoms with Crippen molar-refractivity contribution in [2.45, 2.75) is 5.75 Å². The lowest BCUT2D eigenvalue weighted by molar-refractivity contribution is -0.113. The zero-order valence-electron chi connectivity index (χ0n) is 10.3. The minimum Gasteiger partial charge on any atom is -0.325 e. The van der Waals surface area contributed by atoms with Gasteiger partial charge in [0.05, 0.1) is 5.75 Å². The first-order chi connectivity index (χ1) is 9.25. The van der Waals surface area contributed by atoms with E-state index in [0.29, 0.717) is 5.75 Å². The van der Waals surface area contributed by atoms with Crippen molar-refractivity contribution < 1.29 is 4.79 Å². The Bertz CT molecular complexity index is 545. The molecular weight excluding hydrogens is 278 g/mol. The number of carbonyl (C=O) groups excluding carboxylic acids is 1. The fraction of sp³-hybridized carbons (Fsp3) is 0.133. The zero-order chi connectivity index (χ0) is 13.5. The van der Waals surface area contributed by atoms with Crippen LogP contribution in [0.5, 0.6) is 0 Å². The average molecular weight is 292 g/mol. The van der Waals surface area contributed by atoms with Crippen LogP contribution in [0.4, 0.5) is 5.69 Å². The summed E-state index contributed by atoms with van der Waals surface area (Å²) < 4.78 is 0. The van der Waals surface area contributed by atoms with Gasteiger partial charge < -0.3 is 5.32 Å². The Kier molecular flexibility index (Phi) is 5.31. The lowest BCUT2D eigenvalue weighted by Crippen LogP contribution is -2.13. The van der Waals surface area contributed by atoms with E-state index in [4.69, 9.17) is 11.6 Å². The first-order valence-electron chi connectivity index (χ1n) is 5.92. The van der Waals surface area contributed by atoms with Gasteiger partial charge in [0.25, 0.3) is 0 Å². The number of hydrogen-bond acceptors (Lipinski definition) is 2. The van der Waals surface area contributed by atoms with Crippen LogP contribution in [0.25, 0.3) is 0 Å². The number of anilines is 1. The second-order valence-corrected chi connectivity index (χ2v) is 5.39. The highest BCUT2D eigenvalue weighted by molar-refractivity contribution is 7.99. The van der Waals surface area contributed by atoms with Crippen LogP contribution in [0.1, 0.15) is 5.56 Å². The number of halogens is 1. The largest absolute Gasteiger partial charge is 0.325 e. The lowest BCUT2D eigenvalue weighted by Gasteiger charge is -2.06. The van der Waals surface area contributed by atoms with Gasteiger partial charge in [-0.15, -0.1) is 11.8 Å². The molecule has 2 aromatic rings. The van der Waals surface area contributed by atoms with E-state index in [2.05, 4.69) is 5.32 Å². The molecule has 2 aromatic carbocycles. The molecule has 0 bridgehead atoms. The van der Waals surface area contributed by atoms with E-state index in [1.165, 1.54) is 0 Å². The topological polar surface area (TPSA) is 29.1 Å². The molecule has 0 radical (unpaired) electrons. The Morgan fingerprint density at radius 2 is 1.74 bits per heavy atom. The predicted molar refractivity (Wildman–Crippen MR) is 82.7 cm³/mol. The summed E-state index contributed by atoms with van der Waals surface area (Å²) in [6, 6.07) is 17.1. The van der Waals surface area contributed by atoms with Gasteiger partial charge in [0.15, 0.2) is 0 Å². The second kappa shape index (κ2) is 7.22. The third-order valence-corrected chi connectivity index (χ3v) is 3.86. The van der Waals surface area contributed by atoms with E-state index in [0.717, 1.165) is 22.0 Å². The molecule has 0 unspecified atom stereocenters. The summed E-state index contributed by atoms with van der Waals surface area (Å²) in [5.74, 6) is 1.16. The van der Waals surface area contributed by atoms with Gasteiger partial charge in [0.2, 0.25) is 5.91 Å². The Morgan fingerprint density at radius 1 is 1.05 bits per heavy atom. The quantitative estimate of drug-likeness (QED) is 0.894. The van der Waals surface area contributed by atoms with Crippen LogP contribution in [0.3, 0.4) is 0 Å². The third kappa shape index (κ3) is 4.62. The summed E-state index contributed by atoms with van der Waals surface area (Å²) >= 11 is 7.61. The highest BCUT2D eigenvalue weighted by Crippen LogP contribution is 2.20. The van der Waals surface area contributed by atoms with Crippen LogP contribution in [-0.4, -0.2) is 11.7 Å². The summed E-state index contributed by atoms with van der Waals surface area (Å²) in [5.41, 5.74) is 1.88. The maximum Gasteiger partial charge on any atom is 0.234 e. The first kappa shape index (κ1) is 14.0. The van der Waals surface area contributed by atoms with Gasteiger partial charge in [-0.25, -0.2) is 0 Å². The molecular formula is C15H14ClNOS. The van der Waals surface area contributed by atoms with Crippen LogP contribution >= 0.6 is 23.4 Å². The molecule has 0 atom stereocenters. The predicted octanol–water partition coefficient (Wildman–Crippen LogP) is 4.21. The standard InChI is InChI=1S/C15H14ClNOS/c16-14-9-5-4-6-12(14)10-19-11-15(18)17-13-7-2-1-3-8-13/h1-9H,10-11H2,(H,17,18). The number of hydrogen-bond donors (Lipinski definition) is 1. The van der Waals surface area contributed by atoms with Gasteiger partial charge in [-0.05, 0) is 23.8 Å². The second-order valence-electron chi connectivity index (χ2n) is 4.00. The molecule has 98 valence electrons. The molecule has 4 heteroatoms. The number of rotatable bonds is 5. The molecule has 0 spiro atoms. The summed E-state index contributed by atoms with van der Waals surface area (Å²) in [5, 5.41) is 3.60. The zero-order valence-corrected chi connectivity index (χ0v) is 11.9. The SMILES string of the molecule is O=C(CSCc1ccccc1Cl)Nc1ccccc1. The molecule has 1 N–H and O–H groups in total. The smallest absolute Gasteiger partial charge is 0.234 e.